The highest BCUT2D eigenvalue weighted by atomic mass is 16.5. The molecule has 1 aliphatic rings. The molecule has 1 saturated heterocycles. The minimum absolute atomic E-state index is 0.743. The molecule has 0 aliphatic carbocycles. The first-order valence-corrected chi connectivity index (χ1v) is 5.69. The van der Waals surface area contributed by atoms with E-state index in [1.807, 2.05) is 0 Å². The Morgan fingerprint density at radius 1 is 1.00 bits per heavy atom. The topological polar surface area (TPSA) is 24.9 Å². The maximum Gasteiger partial charge on any atom is 0.0590 e. The van der Waals surface area contributed by atoms with Gasteiger partial charge in [-0.25, -0.2) is 0 Å². The molecule has 90 valence electrons. The van der Waals surface area contributed by atoms with Gasteiger partial charge in [-0.2, -0.15) is 0 Å². The van der Waals surface area contributed by atoms with Gasteiger partial charge in [0.1, 0.15) is 0 Å². The van der Waals surface area contributed by atoms with Crippen molar-refractivity contribution in [3.63, 3.8) is 0 Å². The molecule has 0 aromatic heterocycles. The molecule has 0 amide bonds. The van der Waals surface area contributed by atoms with Gasteiger partial charge in [-0.3, -0.25) is 9.80 Å². The molecular formula is C11H24N2O2. The van der Waals surface area contributed by atoms with E-state index in [0.717, 1.165) is 38.9 Å². The van der Waals surface area contributed by atoms with Crippen LogP contribution in [0.4, 0.5) is 0 Å². The summed E-state index contributed by atoms with van der Waals surface area (Å²) in [4.78, 5) is 4.90. The fourth-order valence-electron chi connectivity index (χ4n) is 2.10. The molecule has 0 aromatic carbocycles. The third-order valence-corrected chi connectivity index (χ3v) is 2.76. The van der Waals surface area contributed by atoms with Crippen LogP contribution in [-0.4, -0.2) is 70.1 Å². The molecule has 0 unspecified atom stereocenters. The van der Waals surface area contributed by atoms with Crippen molar-refractivity contribution in [1.29, 1.82) is 0 Å². The number of rotatable bonds is 6. The molecule has 1 rings (SSSR count). The summed E-state index contributed by atoms with van der Waals surface area (Å²) in [5, 5.41) is 0. The van der Waals surface area contributed by atoms with Gasteiger partial charge in [0, 0.05) is 40.4 Å². The smallest absolute Gasteiger partial charge is 0.0590 e. The molecular weight excluding hydrogens is 192 g/mol. The van der Waals surface area contributed by atoms with Gasteiger partial charge in [0.2, 0.25) is 0 Å². The van der Waals surface area contributed by atoms with Crippen molar-refractivity contribution < 1.29 is 9.47 Å². The molecule has 0 radical (unpaired) electrons. The van der Waals surface area contributed by atoms with Crippen LogP contribution in [0.15, 0.2) is 0 Å². The Hall–Kier alpha value is -0.160. The molecule has 0 N–H and O–H groups in total. The predicted octanol–water partition coefficient (Wildman–Crippen LogP) is 0.490. The van der Waals surface area contributed by atoms with Crippen molar-refractivity contribution in [2.75, 3.05) is 60.3 Å². The lowest BCUT2D eigenvalue weighted by atomic mass is 10.1. The summed E-state index contributed by atoms with van der Waals surface area (Å²) in [6, 6.07) is 0. The van der Waals surface area contributed by atoms with Crippen LogP contribution < -0.4 is 0 Å². The van der Waals surface area contributed by atoms with E-state index in [2.05, 4.69) is 16.7 Å². The van der Waals surface area contributed by atoms with Gasteiger partial charge in [0.15, 0.2) is 0 Å². The third-order valence-electron chi connectivity index (χ3n) is 2.76. The lowest BCUT2D eigenvalue weighted by molar-refractivity contribution is 0.0224. The van der Waals surface area contributed by atoms with Crippen LogP contribution in [0.3, 0.4) is 0 Å². The van der Waals surface area contributed by atoms with Gasteiger partial charge in [0.25, 0.3) is 0 Å². The van der Waals surface area contributed by atoms with Crippen molar-refractivity contribution in [3.8, 4) is 0 Å². The maximum absolute atomic E-state index is 5.11. The Bertz CT molecular complexity index is 151. The van der Waals surface area contributed by atoms with Crippen LogP contribution in [0.1, 0.15) is 6.92 Å². The van der Waals surface area contributed by atoms with Crippen LogP contribution in [0.25, 0.3) is 0 Å². The Labute approximate surface area is 93.1 Å². The molecule has 0 atom stereocenters. The van der Waals surface area contributed by atoms with E-state index in [9.17, 15) is 0 Å². The van der Waals surface area contributed by atoms with E-state index in [-0.39, 0.29) is 0 Å². The fraction of sp³-hybridized carbons (Fsp3) is 1.00. The molecule has 0 bridgehead atoms. The molecule has 1 fully saturated rings. The second-order valence-electron chi connectivity index (χ2n) is 4.39. The average Bonchev–Trinajstić information content (AvgIpc) is 2.23. The standard InChI is InChI=1S/C11H24N2O2/c1-11-8-12(4-6-14-2)10-13(9-11)5-7-15-3/h11H,4-10H2,1-3H3. The number of hydrogen-bond acceptors (Lipinski definition) is 4. The zero-order chi connectivity index (χ0) is 11.1. The van der Waals surface area contributed by atoms with Crippen LogP contribution in [-0.2, 0) is 9.47 Å². The SMILES string of the molecule is COCCN1CC(C)CN(CCOC)C1. The highest BCUT2D eigenvalue weighted by Gasteiger charge is 2.21. The minimum Gasteiger partial charge on any atom is -0.383 e. The number of methoxy groups -OCH3 is 2. The first-order valence-electron chi connectivity index (χ1n) is 5.69. The molecule has 4 heteroatoms. The van der Waals surface area contributed by atoms with Gasteiger partial charge in [-0.05, 0) is 5.92 Å². The largest absolute Gasteiger partial charge is 0.383 e. The Morgan fingerprint density at radius 2 is 1.47 bits per heavy atom. The summed E-state index contributed by atoms with van der Waals surface area (Å²) in [5.41, 5.74) is 0. The van der Waals surface area contributed by atoms with Gasteiger partial charge >= 0.3 is 0 Å². The molecule has 0 spiro atoms. The molecule has 0 saturated carbocycles. The summed E-state index contributed by atoms with van der Waals surface area (Å²) in [5.74, 6) is 0.743. The van der Waals surface area contributed by atoms with Crippen LogP contribution in [0.2, 0.25) is 0 Å². The lowest BCUT2D eigenvalue weighted by Gasteiger charge is -2.38. The number of nitrogens with zero attached hydrogens (tertiary/aromatic N) is 2. The van der Waals surface area contributed by atoms with E-state index in [1.165, 1.54) is 13.1 Å². The molecule has 4 nitrogen and oxygen atoms in total. The van der Waals surface area contributed by atoms with Crippen LogP contribution >= 0.6 is 0 Å². The van der Waals surface area contributed by atoms with Crippen molar-refractivity contribution in [2.45, 2.75) is 6.92 Å². The van der Waals surface area contributed by atoms with Crippen molar-refractivity contribution in [2.24, 2.45) is 5.92 Å². The second-order valence-corrected chi connectivity index (χ2v) is 4.39. The molecule has 1 aliphatic heterocycles. The zero-order valence-corrected chi connectivity index (χ0v) is 10.2. The molecule has 1 heterocycles. The first-order chi connectivity index (χ1) is 7.26. The van der Waals surface area contributed by atoms with E-state index in [0.29, 0.717) is 0 Å². The highest BCUT2D eigenvalue weighted by molar-refractivity contribution is 4.73. The molecule has 0 aromatic rings. The van der Waals surface area contributed by atoms with Crippen molar-refractivity contribution in [1.82, 2.24) is 9.80 Å². The maximum atomic E-state index is 5.11. The summed E-state index contributed by atoms with van der Waals surface area (Å²) >= 11 is 0. The summed E-state index contributed by atoms with van der Waals surface area (Å²) in [7, 11) is 3.52. The van der Waals surface area contributed by atoms with Crippen molar-refractivity contribution >= 4 is 0 Å². The third kappa shape index (κ3) is 4.93. The number of hydrogen-bond donors (Lipinski definition) is 0. The Kier molecular flexibility index (Phi) is 6.17. The zero-order valence-electron chi connectivity index (χ0n) is 10.2. The van der Waals surface area contributed by atoms with E-state index in [4.69, 9.17) is 9.47 Å². The highest BCUT2D eigenvalue weighted by Crippen LogP contribution is 2.10. The van der Waals surface area contributed by atoms with E-state index >= 15 is 0 Å². The molecule has 15 heavy (non-hydrogen) atoms. The van der Waals surface area contributed by atoms with Gasteiger partial charge in [-0.1, -0.05) is 6.92 Å². The second kappa shape index (κ2) is 7.17. The Morgan fingerprint density at radius 3 is 1.87 bits per heavy atom. The first kappa shape index (κ1) is 12.9. The number of ether oxygens (including phenoxy) is 2. The summed E-state index contributed by atoms with van der Waals surface area (Å²) in [6.07, 6.45) is 0. The van der Waals surface area contributed by atoms with Gasteiger partial charge < -0.3 is 9.47 Å². The minimum atomic E-state index is 0.743. The fourth-order valence-corrected chi connectivity index (χ4v) is 2.10. The van der Waals surface area contributed by atoms with Gasteiger partial charge in [-0.15, -0.1) is 0 Å². The lowest BCUT2D eigenvalue weighted by Crippen LogP contribution is -2.50. The summed E-state index contributed by atoms with van der Waals surface area (Å²) in [6.45, 7) is 9.44. The predicted molar refractivity (Wildman–Crippen MR) is 60.9 cm³/mol. The normalized spacial score (nSPS) is 21.0. The van der Waals surface area contributed by atoms with Gasteiger partial charge in [0.05, 0.1) is 19.9 Å². The monoisotopic (exact) mass is 216 g/mol. The quantitative estimate of drug-likeness (QED) is 0.645. The van der Waals surface area contributed by atoms with Crippen molar-refractivity contribution in [3.05, 3.63) is 0 Å². The summed E-state index contributed by atoms with van der Waals surface area (Å²) < 4.78 is 10.2. The van der Waals surface area contributed by atoms with Crippen LogP contribution in [0, 0.1) is 5.92 Å². The van der Waals surface area contributed by atoms with E-state index in [1.54, 1.807) is 14.2 Å². The Balaban J connectivity index is 2.27. The average molecular weight is 216 g/mol. The van der Waals surface area contributed by atoms with E-state index < -0.39 is 0 Å². The van der Waals surface area contributed by atoms with Crippen LogP contribution in [0.5, 0.6) is 0 Å².